The van der Waals surface area contributed by atoms with Gasteiger partial charge in [0.15, 0.2) is 0 Å². The number of benzene rings is 1. The minimum atomic E-state index is -0.984. The summed E-state index contributed by atoms with van der Waals surface area (Å²) in [4.78, 5) is 31.8. The molecule has 5 rings (SSSR count). The second kappa shape index (κ2) is 10.2. The predicted molar refractivity (Wildman–Crippen MR) is 137 cm³/mol. The Labute approximate surface area is 212 Å². The number of aliphatic hydroxyl groups is 1. The molecule has 3 aliphatic rings. The number of hydrogen-bond acceptors (Lipinski definition) is 5. The molecular weight excluding hydrogens is 457 g/mol. The molecule has 4 atom stereocenters. The summed E-state index contributed by atoms with van der Waals surface area (Å²) >= 11 is 0. The van der Waals surface area contributed by atoms with Crippen molar-refractivity contribution in [3.05, 3.63) is 52.8 Å². The first kappa shape index (κ1) is 25.3. The summed E-state index contributed by atoms with van der Waals surface area (Å²) in [7, 11) is 0. The van der Waals surface area contributed by atoms with Crippen molar-refractivity contribution < 1.29 is 14.3 Å². The lowest BCUT2D eigenvalue weighted by atomic mass is 9.74. The van der Waals surface area contributed by atoms with Crippen LogP contribution in [0.3, 0.4) is 0 Å². The molecule has 2 aliphatic carbocycles. The van der Waals surface area contributed by atoms with Crippen LogP contribution in [0.2, 0.25) is 0 Å². The molecule has 0 radical (unpaired) electrons. The second-order valence-electron chi connectivity index (χ2n) is 11.9. The Morgan fingerprint density at radius 3 is 2.47 bits per heavy atom. The Hall–Kier alpha value is -2.38. The largest absolute Gasteiger partial charge is 0.387 e. The minimum Gasteiger partial charge on any atom is -0.387 e. The first-order valence-electron chi connectivity index (χ1n) is 13.5. The summed E-state index contributed by atoms with van der Waals surface area (Å²) in [6, 6.07) is 7.61. The number of hydrogen-bond donors (Lipinski definition) is 1. The van der Waals surface area contributed by atoms with Crippen molar-refractivity contribution in [1.29, 1.82) is 0 Å². The highest BCUT2D eigenvalue weighted by atomic mass is 19.1. The third kappa shape index (κ3) is 5.05. The zero-order chi connectivity index (χ0) is 25.3. The van der Waals surface area contributed by atoms with E-state index in [2.05, 4.69) is 16.8 Å². The van der Waals surface area contributed by atoms with E-state index in [1.807, 2.05) is 0 Å². The van der Waals surface area contributed by atoms with Gasteiger partial charge in [0, 0.05) is 48.5 Å². The van der Waals surface area contributed by atoms with Gasteiger partial charge in [0.1, 0.15) is 12.1 Å². The molecule has 7 heteroatoms. The van der Waals surface area contributed by atoms with E-state index in [1.54, 1.807) is 18.2 Å². The molecule has 0 spiro atoms. The summed E-state index contributed by atoms with van der Waals surface area (Å²) in [5, 5.41) is 11.8. The SMILES string of the molecule is C[C@@](C=O)(CC1CCCCC1)CN1C[C@H]2CC[C@@H](C1)C2(O)Cn1cnc(-c2ccccc2F)cc1=O. The van der Waals surface area contributed by atoms with Crippen LogP contribution in [-0.4, -0.2) is 51.1 Å². The van der Waals surface area contributed by atoms with E-state index >= 15 is 0 Å². The summed E-state index contributed by atoms with van der Waals surface area (Å²) < 4.78 is 15.6. The number of halogens is 1. The molecule has 1 unspecified atom stereocenters. The number of piperidine rings is 1. The minimum absolute atomic E-state index is 0.0416. The van der Waals surface area contributed by atoms with E-state index in [0.717, 1.165) is 45.2 Å². The normalized spacial score (nSPS) is 28.6. The Morgan fingerprint density at radius 2 is 1.83 bits per heavy atom. The molecule has 0 amide bonds. The molecular formula is C29H38FN3O3. The third-order valence-corrected chi connectivity index (χ3v) is 9.04. The first-order chi connectivity index (χ1) is 17.3. The average molecular weight is 496 g/mol. The van der Waals surface area contributed by atoms with Gasteiger partial charge in [-0.05, 0) is 37.3 Å². The van der Waals surface area contributed by atoms with Crippen LogP contribution in [0.5, 0.6) is 0 Å². The van der Waals surface area contributed by atoms with E-state index in [4.69, 9.17) is 0 Å². The molecule has 1 aromatic carbocycles. The van der Waals surface area contributed by atoms with E-state index in [0.29, 0.717) is 17.2 Å². The molecule has 2 bridgehead atoms. The van der Waals surface area contributed by atoms with Gasteiger partial charge >= 0.3 is 0 Å². The van der Waals surface area contributed by atoms with Crippen molar-refractivity contribution in [2.24, 2.45) is 23.2 Å². The molecule has 1 aromatic heterocycles. The van der Waals surface area contributed by atoms with Gasteiger partial charge in [0.2, 0.25) is 0 Å². The fraction of sp³-hybridized carbons (Fsp3) is 0.621. The Kier molecular flexibility index (Phi) is 7.14. The fourth-order valence-corrected chi connectivity index (χ4v) is 7.16. The lowest BCUT2D eigenvalue weighted by Gasteiger charge is -2.46. The third-order valence-electron chi connectivity index (χ3n) is 9.04. The van der Waals surface area contributed by atoms with Crippen LogP contribution in [0.1, 0.15) is 58.3 Å². The van der Waals surface area contributed by atoms with Gasteiger partial charge in [0.05, 0.1) is 24.2 Å². The Morgan fingerprint density at radius 1 is 1.14 bits per heavy atom. The molecule has 2 heterocycles. The maximum atomic E-state index is 14.1. The Bertz CT molecular complexity index is 1130. The quantitative estimate of drug-likeness (QED) is 0.553. The van der Waals surface area contributed by atoms with Crippen LogP contribution < -0.4 is 5.56 Å². The summed E-state index contributed by atoms with van der Waals surface area (Å²) in [6.07, 6.45) is 11.7. The zero-order valence-electron chi connectivity index (χ0n) is 21.2. The van der Waals surface area contributed by atoms with Crippen LogP contribution in [0.4, 0.5) is 4.39 Å². The molecule has 6 nitrogen and oxygen atoms in total. The van der Waals surface area contributed by atoms with Crippen molar-refractivity contribution in [3.8, 4) is 11.3 Å². The summed E-state index contributed by atoms with van der Waals surface area (Å²) in [5.41, 5.74) is -1.05. The Balaban J connectivity index is 1.27. The van der Waals surface area contributed by atoms with Crippen LogP contribution in [0.15, 0.2) is 41.5 Å². The van der Waals surface area contributed by atoms with Gasteiger partial charge in [-0.25, -0.2) is 9.37 Å². The topological polar surface area (TPSA) is 75.4 Å². The van der Waals surface area contributed by atoms with Gasteiger partial charge in [-0.2, -0.15) is 0 Å². The lowest BCUT2D eigenvalue weighted by Crippen LogP contribution is -2.58. The van der Waals surface area contributed by atoms with Gasteiger partial charge in [0.25, 0.3) is 5.56 Å². The highest BCUT2D eigenvalue weighted by Crippen LogP contribution is 2.47. The number of carbonyl (C=O) groups is 1. The maximum absolute atomic E-state index is 14.1. The highest BCUT2D eigenvalue weighted by molar-refractivity contribution is 5.59. The monoisotopic (exact) mass is 495 g/mol. The second-order valence-corrected chi connectivity index (χ2v) is 11.9. The molecule has 1 N–H and O–H groups in total. The highest BCUT2D eigenvalue weighted by Gasteiger charge is 2.53. The number of fused-ring (bicyclic) bond motifs is 2. The van der Waals surface area contributed by atoms with Gasteiger partial charge in [-0.15, -0.1) is 0 Å². The van der Waals surface area contributed by atoms with Crippen molar-refractivity contribution in [2.75, 3.05) is 19.6 Å². The van der Waals surface area contributed by atoms with E-state index in [9.17, 15) is 19.1 Å². The molecule has 194 valence electrons. The number of nitrogens with zero attached hydrogens (tertiary/aromatic N) is 3. The van der Waals surface area contributed by atoms with Gasteiger partial charge in [-0.3, -0.25) is 9.36 Å². The first-order valence-corrected chi connectivity index (χ1v) is 13.5. The summed E-state index contributed by atoms with van der Waals surface area (Å²) in [5.74, 6) is 0.302. The molecule has 1 aliphatic heterocycles. The molecule has 36 heavy (non-hydrogen) atoms. The van der Waals surface area contributed by atoms with E-state index in [1.165, 1.54) is 55.1 Å². The molecule has 3 fully saturated rings. The zero-order valence-corrected chi connectivity index (χ0v) is 21.2. The molecule has 2 aromatic rings. The van der Waals surface area contributed by atoms with Gasteiger partial charge in [-0.1, -0.05) is 51.2 Å². The fourth-order valence-electron chi connectivity index (χ4n) is 7.16. The smallest absolute Gasteiger partial charge is 0.253 e. The number of carbonyl (C=O) groups excluding carboxylic acids is 1. The average Bonchev–Trinajstić information content (AvgIpc) is 3.02. The van der Waals surface area contributed by atoms with Crippen LogP contribution in [0.25, 0.3) is 11.3 Å². The van der Waals surface area contributed by atoms with E-state index < -0.39 is 11.4 Å². The predicted octanol–water partition coefficient (Wildman–Crippen LogP) is 4.30. The summed E-state index contributed by atoms with van der Waals surface area (Å²) in [6.45, 7) is 4.48. The lowest BCUT2D eigenvalue weighted by molar-refractivity contribution is -0.122. The molecule has 2 saturated carbocycles. The van der Waals surface area contributed by atoms with Crippen molar-refractivity contribution in [3.63, 3.8) is 0 Å². The number of aromatic nitrogens is 2. The van der Waals surface area contributed by atoms with Crippen LogP contribution in [0, 0.1) is 29.0 Å². The molecule has 1 saturated heterocycles. The van der Waals surface area contributed by atoms with Crippen LogP contribution in [-0.2, 0) is 11.3 Å². The maximum Gasteiger partial charge on any atom is 0.253 e. The van der Waals surface area contributed by atoms with Crippen LogP contribution >= 0.6 is 0 Å². The van der Waals surface area contributed by atoms with Gasteiger partial charge < -0.3 is 14.8 Å². The van der Waals surface area contributed by atoms with Crippen molar-refractivity contribution in [2.45, 2.75) is 70.4 Å². The van der Waals surface area contributed by atoms with Crippen molar-refractivity contribution >= 4 is 6.29 Å². The van der Waals surface area contributed by atoms with Crippen molar-refractivity contribution in [1.82, 2.24) is 14.5 Å². The van der Waals surface area contributed by atoms with E-state index in [-0.39, 0.29) is 29.4 Å². The number of likely N-dealkylation sites (tertiary alicyclic amines) is 1. The standard InChI is InChI=1S/C29H38FN3O3/c1-28(19-34,14-21-7-3-2-4-8-21)17-32-15-22-11-12-23(16-32)29(22,36)18-33-20-31-26(13-27(33)35)24-9-5-6-10-25(24)30/h5-6,9-10,13,19-23,36H,2-4,7-8,11-12,14-18H2,1H3/t22-,23+,28-,29?/m1/s1. The number of aldehydes is 1. The number of rotatable bonds is 8.